The molecule has 206 valence electrons. The second-order valence-electron chi connectivity index (χ2n) is 11.1. The first-order valence-electron chi connectivity index (χ1n) is 13.8. The molecule has 1 N–H and O–H groups in total. The zero-order chi connectivity index (χ0) is 28.4. The standard InChI is InChI=1S/C33H28N2O6/c1-41-25-14-8-13-24(36)29(25)27-20-15-16-21-26(32(39)34(30(21)37)18-9-4-2-5-10-18)22(20)17-23-28(27)33(40)35(31(23)38)19-11-6-3-7-12-19/h2-15,21-23,26-28,36H,16-17H2,1H3/t21-,22+,23+,26-,27-,28+/m0/s1. The molecule has 2 aliphatic heterocycles. The van der Waals surface area contributed by atoms with Crippen LogP contribution < -0.4 is 14.5 Å². The third-order valence-corrected chi connectivity index (χ3v) is 9.25. The Labute approximate surface area is 236 Å². The number of carbonyl (C=O) groups is 4. The molecule has 3 aromatic rings. The quantitative estimate of drug-likeness (QED) is 0.382. The van der Waals surface area contributed by atoms with Gasteiger partial charge in [0.25, 0.3) is 0 Å². The van der Waals surface area contributed by atoms with E-state index in [1.165, 1.54) is 16.9 Å². The van der Waals surface area contributed by atoms with E-state index in [2.05, 4.69) is 0 Å². The van der Waals surface area contributed by atoms with Gasteiger partial charge in [-0.2, -0.15) is 0 Å². The second kappa shape index (κ2) is 9.44. The number of benzene rings is 3. The molecule has 8 heteroatoms. The molecular weight excluding hydrogens is 520 g/mol. The van der Waals surface area contributed by atoms with Crippen LogP contribution in [0.25, 0.3) is 0 Å². The van der Waals surface area contributed by atoms with Crippen LogP contribution in [-0.4, -0.2) is 35.8 Å². The highest BCUT2D eigenvalue weighted by atomic mass is 16.5. The van der Waals surface area contributed by atoms with Crippen LogP contribution in [0.15, 0.2) is 90.5 Å². The normalized spacial score (nSPS) is 28.8. The monoisotopic (exact) mass is 548 g/mol. The number of phenols is 1. The molecule has 41 heavy (non-hydrogen) atoms. The minimum absolute atomic E-state index is 0.0464. The zero-order valence-corrected chi connectivity index (χ0v) is 22.3. The summed E-state index contributed by atoms with van der Waals surface area (Å²) >= 11 is 0. The van der Waals surface area contributed by atoms with Crippen molar-refractivity contribution in [3.05, 3.63) is 96.1 Å². The Balaban J connectivity index is 1.38. The smallest absolute Gasteiger partial charge is 0.238 e. The van der Waals surface area contributed by atoms with Gasteiger partial charge in [-0.1, -0.05) is 54.1 Å². The molecule has 2 saturated heterocycles. The molecule has 2 aliphatic carbocycles. The van der Waals surface area contributed by atoms with E-state index < -0.39 is 35.5 Å². The third kappa shape index (κ3) is 3.59. The van der Waals surface area contributed by atoms with E-state index in [1.807, 2.05) is 18.2 Å². The molecule has 3 aromatic carbocycles. The lowest BCUT2D eigenvalue weighted by Gasteiger charge is -2.44. The first-order chi connectivity index (χ1) is 19.9. The van der Waals surface area contributed by atoms with Crippen LogP contribution in [0.1, 0.15) is 24.3 Å². The van der Waals surface area contributed by atoms with Crippen molar-refractivity contribution in [1.29, 1.82) is 0 Å². The number of nitrogens with zero attached hydrogens (tertiary/aromatic N) is 2. The molecule has 8 nitrogen and oxygen atoms in total. The Kier molecular flexibility index (Phi) is 5.81. The summed E-state index contributed by atoms with van der Waals surface area (Å²) in [5, 5.41) is 11.1. The van der Waals surface area contributed by atoms with Crippen LogP contribution in [0, 0.1) is 29.6 Å². The highest BCUT2D eigenvalue weighted by Gasteiger charge is 2.62. The minimum atomic E-state index is -0.790. The predicted octanol–water partition coefficient (Wildman–Crippen LogP) is 4.45. The summed E-state index contributed by atoms with van der Waals surface area (Å²) in [5.41, 5.74) is 2.23. The number of amides is 4. The molecule has 6 atom stereocenters. The van der Waals surface area contributed by atoms with Crippen molar-refractivity contribution in [2.24, 2.45) is 29.6 Å². The van der Waals surface area contributed by atoms with Gasteiger partial charge in [0, 0.05) is 11.5 Å². The number of anilines is 2. The van der Waals surface area contributed by atoms with Gasteiger partial charge in [0.15, 0.2) is 0 Å². The minimum Gasteiger partial charge on any atom is -0.508 e. The maximum absolute atomic E-state index is 14.1. The van der Waals surface area contributed by atoms with Gasteiger partial charge in [-0.25, -0.2) is 0 Å². The Morgan fingerprint density at radius 2 is 1.27 bits per heavy atom. The molecule has 1 saturated carbocycles. The number of ether oxygens (including phenoxy) is 1. The molecule has 0 spiro atoms. The Morgan fingerprint density at radius 3 is 1.88 bits per heavy atom. The van der Waals surface area contributed by atoms with E-state index in [1.54, 1.807) is 66.7 Å². The fourth-order valence-corrected chi connectivity index (χ4v) is 7.60. The van der Waals surface area contributed by atoms with E-state index in [-0.39, 0.29) is 35.8 Å². The summed E-state index contributed by atoms with van der Waals surface area (Å²) in [6, 6.07) is 22.6. The summed E-state index contributed by atoms with van der Waals surface area (Å²) in [5.74, 6) is -4.77. The van der Waals surface area contributed by atoms with E-state index in [0.717, 1.165) is 5.57 Å². The van der Waals surface area contributed by atoms with Crippen molar-refractivity contribution in [2.75, 3.05) is 16.9 Å². The van der Waals surface area contributed by atoms with E-state index in [0.29, 0.717) is 29.1 Å². The summed E-state index contributed by atoms with van der Waals surface area (Å²) in [7, 11) is 1.50. The van der Waals surface area contributed by atoms with Crippen molar-refractivity contribution in [3.63, 3.8) is 0 Å². The maximum Gasteiger partial charge on any atom is 0.238 e. The number of fused-ring (bicyclic) bond motifs is 4. The summed E-state index contributed by atoms with van der Waals surface area (Å²) in [4.78, 5) is 58.2. The van der Waals surface area contributed by atoms with Gasteiger partial charge in [0.05, 0.1) is 42.2 Å². The molecule has 0 aromatic heterocycles. The lowest BCUT2D eigenvalue weighted by molar-refractivity contribution is -0.126. The van der Waals surface area contributed by atoms with Gasteiger partial charge >= 0.3 is 0 Å². The second-order valence-corrected chi connectivity index (χ2v) is 11.1. The number of hydrogen-bond donors (Lipinski definition) is 1. The van der Waals surface area contributed by atoms with Gasteiger partial charge in [-0.15, -0.1) is 0 Å². The van der Waals surface area contributed by atoms with Gasteiger partial charge in [-0.05, 0) is 55.2 Å². The molecule has 2 heterocycles. The van der Waals surface area contributed by atoms with Gasteiger partial charge in [-0.3, -0.25) is 29.0 Å². The number of carbonyl (C=O) groups excluding carboxylic acids is 4. The Bertz CT molecular complexity index is 1620. The number of allylic oxidation sites excluding steroid dienone is 2. The highest BCUT2D eigenvalue weighted by Crippen LogP contribution is 2.60. The topological polar surface area (TPSA) is 104 Å². The molecule has 0 radical (unpaired) electrons. The Hall–Kier alpha value is -4.72. The van der Waals surface area contributed by atoms with Crippen LogP contribution in [0.2, 0.25) is 0 Å². The number of phenolic OH excluding ortho intramolecular Hbond substituents is 1. The Morgan fingerprint density at radius 1 is 0.683 bits per heavy atom. The first kappa shape index (κ1) is 25.3. The van der Waals surface area contributed by atoms with Crippen molar-refractivity contribution in [1.82, 2.24) is 0 Å². The van der Waals surface area contributed by atoms with Gasteiger partial charge < -0.3 is 9.84 Å². The summed E-state index contributed by atoms with van der Waals surface area (Å²) < 4.78 is 5.65. The molecule has 3 fully saturated rings. The van der Waals surface area contributed by atoms with Crippen LogP contribution in [-0.2, 0) is 19.2 Å². The molecule has 0 unspecified atom stereocenters. The third-order valence-electron chi connectivity index (χ3n) is 9.25. The number of hydrogen-bond acceptors (Lipinski definition) is 6. The molecule has 4 aliphatic rings. The van der Waals surface area contributed by atoms with Crippen LogP contribution in [0.5, 0.6) is 11.5 Å². The fourth-order valence-electron chi connectivity index (χ4n) is 7.60. The molecular formula is C33H28N2O6. The first-order valence-corrected chi connectivity index (χ1v) is 13.8. The predicted molar refractivity (Wildman–Crippen MR) is 150 cm³/mol. The van der Waals surface area contributed by atoms with Gasteiger partial charge in [0.1, 0.15) is 11.5 Å². The molecule has 0 bridgehead atoms. The number of rotatable bonds is 4. The number of para-hydroxylation sites is 2. The van der Waals surface area contributed by atoms with Crippen molar-refractivity contribution in [3.8, 4) is 11.5 Å². The summed E-state index contributed by atoms with van der Waals surface area (Å²) in [6.07, 6.45) is 2.56. The zero-order valence-electron chi connectivity index (χ0n) is 22.3. The number of imide groups is 2. The highest BCUT2D eigenvalue weighted by molar-refractivity contribution is 6.24. The maximum atomic E-state index is 14.1. The fraction of sp³-hybridized carbons (Fsp3) is 0.273. The van der Waals surface area contributed by atoms with Crippen molar-refractivity contribution >= 4 is 35.0 Å². The van der Waals surface area contributed by atoms with Crippen LogP contribution in [0.3, 0.4) is 0 Å². The van der Waals surface area contributed by atoms with E-state index in [4.69, 9.17) is 4.74 Å². The molecule has 7 rings (SSSR count). The van der Waals surface area contributed by atoms with Crippen LogP contribution in [0.4, 0.5) is 11.4 Å². The number of aromatic hydroxyl groups is 1. The average Bonchev–Trinajstić information content (AvgIpc) is 3.40. The van der Waals surface area contributed by atoms with E-state index >= 15 is 0 Å². The van der Waals surface area contributed by atoms with Crippen molar-refractivity contribution < 1.29 is 29.0 Å². The lowest BCUT2D eigenvalue weighted by Crippen LogP contribution is -2.43. The van der Waals surface area contributed by atoms with Crippen LogP contribution >= 0.6 is 0 Å². The van der Waals surface area contributed by atoms with E-state index in [9.17, 15) is 24.3 Å². The lowest BCUT2D eigenvalue weighted by atomic mass is 9.57. The number of methoxy groups -OCH3 is 1. The molecule has 4 amide bonds. The average molecular weight is 549 g/mol. The van der Waals surface area contributed by atoms with Crippen molar-refractivity contribution in [2.45, 2.75) is 18.8 Å². The summed E-state index contributed by atoms with van der Waals surface area (Å²) in [6.45, 7) is 0. The largest absolute Gasteiger partial charge is 0.508 e. The SMILES string of the molecule is COc1cccc(O)c1[C@H]1C2=CC[C@@H]3C(=O)N(c4ccccc4)C(=O)[C@@H]3[C@@H]2C[C@H]2C(=O)N(c3ccccc3)C(=O)[C@@H]12. The van der Waals surface area contributed by atoms with Gasteiger partial charge in [0.2, 0.25) is 23.6 Å².